The van der Waals surface area contributed by atoms with Crippen LogP contribution in [0.4, 0.5) is 0 Å². The Morgan fingerprint density at radius 1 is 1.29 bits per heavy atom. The van der Waals surface area contributed by atoms with E-state index in [4.69, 9.17) is 4.74 Å². The smallest absolute Gasteiger partial charge is 0.328 e. The zero-order valence-corrected chi connectivity index (χ0v) is 14.2. The third kappa shape index (κ3) is 1.99. The number of carbonyl (C=O) groups is 2. The molecule has 2 aliphatic rings. The number of β-lactam (4-membered cyclic amide) rings is 1. The number of amides is 1. The third-order valence-electron chi connectivity index (χ3n) is 4.64. The van der Waals surface area contributed by atoms with Gasteiger partial charge in [-0.2, -0.15) is 0 Å². The van der Waals surface area contributed by atoms with Gasteiger partial charge in [0, 0.05) is 0 Å². The first-order valence-electron chi connectivity index (χ1n) is 7.27. The zero-order valence-electron chi connectivity index (χ0n) is 13.4. The molecule has 0 radical (unpaired) electrons. The number of benzene rings is 1. The third-order valence-corrected chi connectivity index (χ3v) is 7.39. The van der Waals surface area contributed by atoms with Gasteiger partial charge in [-0.15, -0.1) is 0 Å². The molecule has 0 bridgehead atoms. The van der Waals surface area contributed by atoms with Crippen molar-refractivity contribution in [3.05, 3.63) is 35.4 Å². The fraction of sp³-hybridized carbons (Fsp3) is 0.375. The number of sulfone groups is 1. The standard InChI is InChI=1S/C16H17NO6S/c1-16(2)12(15(19)20)17-13(18)11(14(17)24(16,21)22)8-9-4-6-10(23-3)7-5-9/h4-8,12,14H,1-3H3,(H,19,20)/b11-8+/t12-,14+/m0/s1. The Morgan fingerprint density at radius 3 is 2.38 bits per heavy atom. The Balaban J connectivity index is 2.04. The van der Waals surface area contributed by atoms with Crippen molar-refractivity contribution in [2.45, 2.75) is 30.0 Å². The van der Waals surface area contributed by atoms with Crippen molar-refractivity contribution in [1.29, 1.82) is 0 Å². The minimum absolute atomic E-state index is 0.0944. The number of carbonyl (C=O) groups excluding carboxylic acids is 1. The Kier molecular flexibility index (Phi) is 3.49. The largest absolute Gasteiger partial charge is 0.497 e. The Labute approximate surface area is 139 Å². The summed E-state index contributed by atoms with van der Waals surface area (Å²) in [6, 6.07) is 5.40. The molecule has 2 heterocycles. The molecule has 2 saturated heterocycles. The van der Waals surface area contributed by atoms with Crippen LogP contribution in [0.25, 0.3) is 6.08 Å². The maximum Gasteiger partial charge on any atom is 0.328 e. The fourth-order valence-corrected chi connectivity index (χ4v) is 5.34. The molecular formula is C16H17NO6S. The topological polar surface area (TPSA) is 101 Å². The number of carboxylic acids is 1. The van der Waals surface area contributed by atoms with Crippen molar-refractivity contribution in [3.63, 3.8) is 0 Å². The molecule has 0 spiro atoms. The first-order chi connectivity index (χ1) is 11.1. The number of ether oxygens (including phenoxy) is 1. The van der Waals surface area contributed by atoms with Crippen LogP contribution in [0.1, 0.15) is 19.4 Å². The van der Waals surface area contributed by atoms with E-state index in [1.54, 1.807) is 24.3 Å². The number of carboxylic acid groups (broad SMARTS) is 1. The molecule has 3 rings (SSSR count). The van der Waals surface area contributed by atoms with Gasteiger partial charge < -0.3 is 14.7 Å². The van der Waals surface area contributed by atoms with Gasteiger partial charge in [0.15, 0.2) is 21.3 Å². The molecule has 2 fully saturated rings. The summed E-state index contributed by atoms with van der Waals surface area (Å²) in [6.07, 6.45) is 1.49. The average molecular weight is 351 g/mol. The molecule has 0 saturated carbocycles. The molecule has 1 aromatic rings. The van der Waals surface area contributed by atoms with Crippen LogP contribution in [0.3, 0.4) is 0 Å². The van der Waals surface area contributed by atoms with Crippen molar-refractivity contribution >= 4 is 27.8 Å². The minimum Gasteiger partial charge on any atom is -0.497 e. The van der Waals surface area contributed by atoms with Crippen LogP contribution in [0, 0.1) is 0 Å². The van der Waals surface area contributed by atoms with Gasteiger partial charge in [0.25, 0.3) is 5.91 Å². The summed E-state index contributed by atoms with van der Waals surface area (Å²) in [5.41, 5.74) is 0.738. The summed E-state index contributed by atoms with van der Waals surface area (Å²) in [5.74, 6) is -1.24. The Bertz CT molecular complexity index is 853. The highest BCUT2D eigenvalue weighted by Gasteiger charge is 2.70. The number of aliphatic carboxylic acids is 1. The zero-order chi connectivity index (χ0) is 17.9. The molecule has 0 aromatic heterocycles. The van der Waals surface area contributed by atoms with Crippen LogP contribution in [0.5, 0.6) is 5.75 Å². The van der Waals surface area contributed by atoms with Crippen LogP contribution in [0.15, 0.2) is 29.8 Å². The summed E-state index contributed by atoms with van der Waals surface area (Å²) in [7, 11) is -2.32. The SMILES string of the molecule is COc1ccc(/C=C2\C(=O)N3[C@@H](C(=O)O)C(C)(C)S(=O)(=O)[C@H]23)cc1. The number of methoxy groups -OCH3 is 1. The van der Waals surface area contributed by atoms with Crippen molar-refractivity contribution in [3.8, 4) is 5.75 Å². The van der Waals surface area contributed by atoms with Crippen molar-refractivity contribution in [2.75, 3.05) is 7.11 Å². The van der Waals surface area contributed by atoms with E-state index in [9.17, 15) is 23.1 Å². The molecule has 24 heavy (non-hydrogen) atoms. The maximum absolute atomic E-state index is 12.7. The highest BCUT2D eigenvalue weighted by molar-refractivity contribution is 7.94. The molecule has 8 heteroatoms. The van der Waals surface area contributed by atoms with Gasteiger partial charge in [0.1, 0.15) is 10.5 Å². The average Bonchev–Trinajstić information content (AvgIpc) is 2.66. The number of nitrogens with zero attached hydrogens (tertiary/aromatic N) is 1. The molecule has 1 aromatic carbocycles. The summed E-state index contributed by atoms with van der Waals surface area (Å²) in [5, 5.41) is 8.16. The second-order valence-corrected chi connectivity index (χ2v) is 8.92. The van der Waals surface area contributed by atoms with Crippen LogP contribution >= 0.6 is 0 Å². The van der Waals surface area contributed by atoms with Crippen molar-refractivity contribution in [1.82, 2.24) is 4.90 Å². The van der Waals surface area contributed by atoms with Gasteiger partial charge in [-0.3, -0.25) is 4.79 Å². The van der Waals surface area contributed by atoms with Gasteiger partial charge in [-0.1, -0.05) is 12.1 Å². The normalized spacial score (nSPS) is 28.4. The van der Waals surface area contributed by atoms with Gasteiger partial charge in [-0.05, 0) is 37.6 Å². The van der Waals surface area contributed by atoms with E-state index in [2.05, 4.69) is 0 Å². The lowest BCUT2D eigenvalue weighted by atomic mass is 9.94. The van der Waals surface area contributed by atoms with E-state index in [0.29, 0.717) is 11.3 Å². The minimum atomic E-state index is -3.84. The lowest BCUT2D eigenvalue weighted by Crippen LogP contribution is -2.58. The predicted molar refractivity (Wildman–Crippen MR) is 86.0 cm³/mol. The Hall–Kier alpha value is -2.35. The molecule has 7 nitrogen and oxygen atoms in total. The van der Waals surface area contributed by atoms with E-state index in [-0.39, 0.29) is 5.57 Å². The van der Waals surface area contributed by atoms with Crippen LogP contribution in [-0.4, -0.2) is 53.6 Å². The van der Waals surface area contributed by atoms with E-state index < -0.39 is 37.9 Å². The van der Waals surface area contributed by atoms with Crippen LogP contribution in [0.2, 0.25) is 0 Å². The predicted octanol–water partition coefficient (Wildman–Crippen LogP) is 0.907. The van der Waals surface area contributed by atoms with Gasteiger partial charge in [0.2, 0.25) is 0 Å². The highest BCUT2D eigenvalue weighted by atomic mass is 32.2. The quantitative estimate of drug-likeness (QED) is 0.642. The molecule has 0 aliphatic carbocycles. The molecule has 2 atom stereocenters. The summed E-state index contributed by atoms with van der Waals surface area (Å²) >= 11 is 0. The number of hydrogen-bond acceptors (Lipinski definition) is 5. The van der Waals surface area contributed by atoms with Crippen molar-refractivity contribution < 1.29 is 27.9 Å². The maximum atomic E-state index is 12.7. The fourth-order valence-electron chi connectivity index (χ4n) is 3.22. The van der Waals surface area contributed by atoms with E-state index in [1.807, 2.05) is 0 Å². The molecule has 2 aliphatic heterocycles. The molecule has 128 valence electrons. The molecule has 1 N–H and O–H groups in total. The van der Waals surface area contributed by atoms with Crippen LogP contribution in [-0.2, 0) is 19.4 Å². The second-order valence-electron chi connectivity index (χ2n) is 6.33. The monoisotopic (exact) mass is 351 g/mol. The highest BCUT2D eigenvalue weighted by Crippen LogP contribution is 2.48. The Morgan fingerprint density at radius 2 is 1.88 bits per heavy atom. The number of rotatable bonds is 3. The van der Waals surface area contributed by atoms with Crippen LogP contribution < -0.4 is 4.74 Å². The summed E-state index contributed by atoms with van der Waals surface area (Å²) < 4.78 is 28.9. The summed E-state index contributed by atoms with van der Waals surface area (Å²) in [6.45, 7) is 2.69. The van der Waals surface area contributed by atoms with Gasteiger partial charge >= 0.3 is 5.97 Å². The lowest BCUT2D eigenvalue weighted by molar-refractivity contribution is -0.152. The van der Waals surface area contributed by atoms with Gasteiger partial charge in [-0.25, -0.2) is 13.2 Å². The second kappa shape index (κ2) is 5.07. The first-order valence-corrected chi connectivity index (χ1v) is 8.82. The molecule has 0 unspecified atom stereocenters. The van der Waals surface area contributed by atoms with E-state index >= 15 is 0 Å². The number of fused-ring (bicyclic) bond motifs is 1. The lowest BCUT2D eigenvalue weighted by Gasteiger charge is -2.37. The molecule has 1 amide bonds. The van der Waals surface area contributed by atoms with E-state index in [0.717, 1.165) is 4.90 Å². The molecular weight excluding hydrogens is 334 g/mol. The summed E-state index contributed by atoms with van der Waals surface area (Å²) in [4.78, 5) is 24.8. The first kappa shape index (κ1) is 16.5. The van der Waals surface area contributed by atoms with Gasteiger partial charge in [0.05, 0.1) is 12.7 Å². The van der Waals surface area contributed by atoms with Crippen molar-refractivity contribution in [2.24, 2.45) is 0 Å². The number of hydrogen-bond donors (Lipinski definition) is 1. The van der Waals surface area contributed by atoms with E-state index in [1.165, 1.54) is 27.0 Å².